The highest BCUT2D eigenvalue weighted by atomic mass is 28.4. The predicted octanol–water partition coefficient (Wildman–Crippen LogP) is 4.79. The average molecular weight is 339 g/mol. The number of methoxy groups -OCH3 is 1. The second-order valence-electron chi connectivity index (χ2n) is 8.70. The Labute approximate surface area is 142 Å². The molecule has 0 saturated heterocycles. The lowest BCUT2D eigenvalue weighted by atomic mass is 9.62. The van der Waals surface area contributed by atoms with Crippen LogP contribution in [0.4, 0.5) is 0 Å². The second-order valence-corrected chi connectivity index (χ2v) is 13.2. The van der Waals surface area contributed by atoms with Crippen LogP contribution in [0.15, 0.2) is 12.2 Å². The number of carbonyl (C=O) groups excluding carboxylic acids is 1. The van der Waals surface area contributed by atoms with Gasteiger partial charge in [0.05, 0.1) is 7.11 Å². The van der Waals surface area contributed by atoms with Crippen molar-refractivity contribution in [3.63, 3.8) is 0 Å². The van der Waals surface area contributed by atoms with Gasteiger partial charge in [-0.3, -0.25) is 0 Å². The first kappa shape index (κ1) is 18.7. The summed E-state index contributed by atoms with van der Waals surface area (Å²) in [7, 11) is -0.0626. The lowest BCUT2D eigenvalue weighted by molar-refractivity contribution is -0.134. The lowest BCUT2D eigenvalue weighted by Crippen LogP contribution is -2.46. The zero-order valence-corrected chi connectivity index (χ0v) is 16.7. The van der Waals surface area contributed by atoms with E-state index in [-0.39, 0.29) is 5.97 Å². The van der Waals surface area contributed by atoms with Gasteiger partial charge in [0, 0.05) is 12.2 Å². The zero-order valence-electron chi connectivity index (χ0n) is 15.7. The van der Waals surface area contributed by atoms with Crippen LogP contribution in [0.25, 0.3) is 0 Å². The first-order valence-corrected chi connectivity index (χ1v) is 12.5. The highest BCUT2D eigenvalue weighted by Gasteiger charge is 2.53. The third-order valence-corrected chi connectivity index (χ3v) is 7.02. The van der Waals surface area contributed by atoms with Crippen molar-refractivity contribution in [1.82, 2.24) is 0 Å². The van der Waals surface area contributed by atoms with Gasteiger partial charge < -0.3 is 9.16 Å². The smallest absolute Gasteiger partial charge is 0.330 e. The molecule has 23 heavy (non-hydrogen) atoms. The van der Waals surface area contributed by atoms with Crippen molar-refractivity contribution in [2.24, 2.45) is 23.2 Å². The fourth-order valence-electron chi connectivity index (χ4n) is 5.05. The number of hydrogen-bond acceptors (Lipinski definition) is 3. The number of ether oxygens (including phenoxy) is 1. The summed E-state index contributed by atoms with van der Waals surface area (Å²) >= 11 is 0. The fourth-order valence-corrected chi connectivity index (χ4v) is 6.24. The summed E-state index contributed by atoms with van der Waals surface area (Å²) in [6.45, 7) is 11.6. The van der Waals surface area contributed by atoms with Crippen molar-refractivity contribution in [2.45, 2.75) is 71.7 Å². The molecule has 2 fully saturated rings. The van der Waals surface area contributed by atoms with Crippen LogP contribution in [0.3, 0.4) is 0 Å². The Morgan fingerprint density at radius 3 is 2.57 bits per heavy atom. The zero-order chi connectivity index (χ0) is 17.3. The van der Waals surface area contributed by atoms with Crippen molar-refractivity contribution < 1.29 is 14.0 Å². The molecule has 5 unspecified atom stereocenters. The molecule has 4 heteroatoms. The predicted molar refractivity (Wildman–Crippen MR) is 96.7 cm³/mol. The molecule has 2 aliphatic rings. The Bertz CT molecular complexity index is 454. The molecule has 0 radical (unpaired) electrons. The van der Waals surface area contributed by atoms with Gasteiger partial charge in [0.2, 0.25) is 0 Å². The van der Waals surface area contributed by atoms with Crippen LogP contribution in [0.2, 0.25) is 19.6 Å². The Kier molecular flexibility index (Phi) is 5.78. The molecule has 0 aromatic rings. The Morgan fingerprint density at radius 1 is 1.26 bits per heavy atom. The molecule has 5 atom stereocenters. The van der Waals surface area contributed by atoms with Crippen molar-refractivity contribution in [3.8, 4) is 0 Å². The third-order valence-electron chi connectivity index (χ3n) is 6.01. The van der Waals surface area contributed by atoms with Gasteiger partial charge >= 0.3 is 5.97 Å². The minimum Gasteiger partial charge on any atom is -0.466 e. The minimum absolute atomic E-state index is 0.250. The van der Waals surface area contributed by atoms with E-state index in [2.05, 4.69) is 33.5 Å². The van der Waals surface area contributed by atoms with Gasteiger partial charge in [-0.15, -0.1) is 0 Å². The molecule has 0 aromatic heterocycles. The first-order valence-electron chi connectivity index (χ1n) is 9.11. The molecule has 0 aliphatic heterocycles. The number of rotatable bonds is 5. The molecule has 0 aromatic carbocycles. The topological polar surface area (TPSA) is 35.5 Å². The highest BCUT2D eigenvalue weighted by Crippen LogP contribution is 2.58. The number of esters is 1. The van der Waals surface area contributed by atoms with Crippen molar-refractivity contribution in [1.29, 1.82) is 0 Å². The van der Waals surface area contributed by atoms with E-state index >= 15 is 0 Å². The molecule has 0 amide bonds. The van der Waals surface area contributed by atoms with Crippen molar-refractivity contribution >= 4 is 14.3 Å². The van der Waals surface area contributed by atoms with Gasteiger partial charge in [0.15, 0.2) is 8.32 Å². The van der Waals surface area contributed by atoms with Crippen LogP contribution < -0.4 is 0 Å². The summed E-state index contributed by atoms with van der Waals surface area (Å²) in [6.07, 6.45) is 10.4. The van der Waals surface area contributed by atoms with E-state index in [1.165, 1.54) is 39.2 Å². The summed E-state index contributed by atoms with van der Waals surface area (Å²) in [6, 6.07) is 0. The number of carbonyl (C=O) groups is 1. The van der Waals surface area contributed by atoms with E-state index in [0.29, 0.717) is 29.3 Å². The summed E-state index contributed by atoms with van der Waals surface area (Å²) in [4.78, 5) is 11.4. The number of allylic oxidation sites excluding steroid dienone is 1. The Balaban J connectivity index is 2.11. The van der Waals surface area contributed by atoms with Gasteiger partial charge in [-0.05, 0) is 68.5 Å². The molecular weight excluding hydrogens is 304 g/mol. The van der Waals surface area contributed by atoms with Crippen LogP contribution in [0, 0.1) is 23.2 Å². The molecule has 0 N–H and O–H groups in total. The van der Waals surface area contributed by atoms with Crippen molar-refractivity contribution in [3.05, 3.63) is 12.2 Å². The SMILES string of the molecule is COC(=O)/C=C/C(C)C1CCC2C(O[Si](C)(C)C)CCCC12C. The van der Waals surface area contributed by atoms with E-state index < -0.39 is 8.32 Å². The normalized spacial score (nSPS) is 36.0. The van der Waals surface area contributed by atoms with E-state index in [1.54, 1.807) is 6.08 Å². The van der Waals surface area contributed by atoms with Gasteiger partial charge in [0.25, 0.3) is 0 Å². The van der Waals surface area contributed by atoms with Gasteiger partial charge in [0.1, 0.15) is 0 Å². The molecule has 0 heterocycles. The molecule has 0 spiro atoms. The summed E-state index contributed by atoms with van der Waals surface area (Å²) in [5.74, 6) is 1.48. The van der Waals surface area contributed by atoms with Gasteiger partial charge in [-0.1, -0.05) is 26.3 Å². The standard InChI is InChI=1S/C19H34O3Si/c1-14(9-12-18(20)21-3)15-10-11-16-17(22-23(4,5)6)8-7-13-19(15,16)2/h9,12,14-17H,7-8,10-11,13H2,1-6H3/b12-9+. The molecule has 3 nitrogen and oxygen atoms in total. The molecule has 2 rings (SSSR count). The van der Waals surface area contributed by atoms with E-state index in [4.69, 9.17) is 9.16 Å². The first-order chi connectivity index (χ1) is 10.7. The maximum Gasteiger partial charge on any atom is 0.330 e. The van der Waals surface area contributed by atoms with E-state index in [9.17, 15) is 4.79 Å². The summed E-state index contributed by atoms with van der Waals surface area (Å²) < 4.78 is 11.3. The molecule has 132 valence electrons. The Hall–Kier alpha value is -0.613. The second kappa shape index (κ2) is 7.10. The average Bonchev–Trinajstić information content (AvgIpc) is 2.81. The summed E-state index contributed by atoms with van der Waals surface area (Å²) in [5, 5.41) is 0. The maximum atomic E-state index is 11.4. The van der Waals surface area contributed by atoms with Gasteiger partial charge in [-0.25, -0.2) is 4.79 Å². The van der Waals surface area contributed by atoms with Crippen LogP contribution >= 0.6 is 0 Å². The lowest BCUT2D eigenvalue weighted by Gasteiger charge is -2.47. The molecule has 0 bridgehead atoms. The largest absolute Gasteiger partial charge is 0.466 e. The van der Waals surface area contributed by atoms with Crippen LogP contribution in [-0.2, 0) is 14.0 Å². The van der Waals surface area contributed by atoms with Gasteiger partial charge in [-0.2, -0.15) is 0 Å². The van der Waals surface area contributed by atoms with Crippen LogP contribution in [0.5, 0.6) is 0 Å². The third kappa shape index (κ3) is 4.27. The number of hydrogen-bond donors (Lipinski definition) is 0. The minimum atomic E-state index is -1.50. The van der Waals surface area contributed by atoms with Crippen molar-refractivity contribution in [2.75, 3.05) is 7.11 Å². The number of fused-ring (bicyclic) bond motifs is 1. The van der Waals surface area contributed by atoms with E-state index in [0.717, 1.165) is 0 Å². The quantitative estimate of drug-likeness (QED) is 0.411. The Morgan fingerprint density at radius 2 is 1.96 bits per heavy atom. The van der Waals surface area contributed by atoms with E-state index in [1.807, 2.05) is 6.08 Å². The molecular formula is C19H34O3Si. The van der Waals surface area contributed by atoms with Crippen LogP contribution in [0.1, 0.15) is 46.0 Å². The molecule has 2 saturated carbocycles. The summed E-state index contributed by atoms with van der Waals surface area (Å²) in [5.41, 5.74) is 0.350. The monoisotopic (exact) mass is 338 g/mol. The fraction of sp³-hybridized carbons (Fsp3) is 0.842. The maximum absolute atomic E-state index is 11.4. The molecule has 2 aliphatic carbocycles. The van der Waals surface area contributed by atoms with Crippen LogP contribution in [-0.4, -0.2) is 27.5 Å². The highest BCUT2D eigenvalue weighted by molar-refractivity contribution is 6.69.